The molecule has 1 aromatic heterocycles. The third-order valence-electron chi connectivity index (χ3n) is 4.22. The molecular formula is C15H27ClN4. The SMILES string of the molecule is CCCC1CN(Cc2c(Cl)c(C)nn2CC)C(C)CN1. The molecule has 5 heteroatoms. The van der Waals surface area contributed by atoms with Crippen LogP contribution in [0.1, 0.15) is 45.0 Å². The summed E-state index contributed by atoms with van der Waals surface area (Å²) in [4.78, 5) is 2.53. The molecule has 20 heavy (non-hydrogen) atoms. The number of hydrogen-bond donors (Lipinski definition) is 1. The first-order valence-corrected chi connectivity index (χ1v) is 8.13. The van der Waals surface area contributed by atoms with Crippen LogP contribution in [0, 0.1) is 6.92 Å². The smallest absolute Gasteiger partial charge is 0.0860 e. The normalized spacial score (nSPS) is 24.2. The molecule has 0 aliphatic carbocycles. The van der Waals surface area contributed by atoms with E-state index in [2.05, 4.69) is 36.1 Å². The summed E-state index contributed by atoms with van der Waals surface area (Å²) in [6, 6.07) is 1.15. The molecule has 0 spiro atoms. The van der Waals surface area contributed by atoms with Crippen molar-refractivity contribution in [1.29, 1.82) is 0 Å². The van der Waals surface area contributed by atoms with Crippen LogP contribution in [0.2, 0.25) is 5.02 Å². The van der Waals surface area contributed by atoms with Crippen LogP contribution in [0.5, 0.6) is 0 Å². The highest BCUT2D eigenvalue weighted by molar-refractivity contribution is 6.31. The van der Waals surface area contributed by atoms with Gasteiger partial charge in [-0.2, -0.15) is 5.10 Å². The van der Waals surface area contributed by atoms with E-state index in [-0.39, 0.29) is 0 Å². The lowest BCUT2D eigenvalue weighted by Gasteiger charge is -2.38. The molecule has 0 aromatic carbocycles. The summed E-state index contributed by atoms with van der Waals surface area (Å²) in [5.74, 6) is 0. The van der Waals surface area contributed by atoms with Crippen LogP contribution in [-0.2, 0) is 13.1 Å². The second kappa shape index (κ2) is 6.92. The second-order valence-corrected chi connectivity index (χ2v) is 6.21. The molecule has 2 unspecified atom stereocenters. The summed E-state index contributed by atoms with van der Waals surface area (Å²) in [6.07, 6.45) is 2.47. The minimum Gasteiger partial charge on any atom is -0.311 e. The van der Waals surface area contributed by atoms with Crippen molar-refractivity contribution in [2.24, 2.45) is 0 Å². The molecule has 0 amide bonds. The molecule has 1 saturated heterocycles. The summed E-state index contributed by atoms with van der Waals surface area (Å²) in [7, 11) is 0. The summed E-state index contributed by atoms with van der Waals surface area (Å²) in [5.41, 5.74) is 2.10. The molecule has 0 radical (unpaired) electrons. The maximum atomic E-state index is 6.43. The molecule has 114 valence electrons. The van der Waals surface area contributed by atoms with E-state index in [4.69, 9.17) is 11.6 Å². The molecule has 0 saturated carbocycles. The number of rotatable bonds is 5. The van der Waals surface area contributed by atoms with Crippen LogP contribution >= 0.6 is 11.6 Å². The highest BCUT2D eigenvalue weighted by Crippen LogP contribution is 2.23. The predicted octanol–water partition coefficient (Wildman–Crippen LogP) is 2.83. The molecule has 1 aliphatic heterocycles. The Kier molecular flexibility index (Phi) is 5.47. The van der Waals surface area contributed by atoms with E-state index in [0.29, 0.717) is 12.1 Å². The van der Waals surface area contributed by atoms with Crippen LogP contribution in [0.25, 0.3) is 0 Å². The maximum absolute atomic E-state index is 6.43. The molecule has 2 heterocycles. The summed E-state index contributed by atoms with van der Waals surface area (Å²) < 4.78 is 2.04. The molecule has 1 fully saturated rings. The molecule has 0 bridgehead atoms. The van der Waals surface area contributed by atoms with Gasteiger partial charge in [0.2, 0.25) is 0 Å². The van der Waals surface area contributed by atoms with E-state index >= 15 is 0 Å². The van der Waals surface area contributed by atoms with Crippen molar-refractivity contribution in [1.82, 2.24) is 20.0 Å². The molecule has 4 nitrogen and oxygen atoms in total. The predicted molar refractivity (Wildman–Crippen MR) is 84.2 cm³/mol. The molecular weight excluding hydrogens is 272 g/mol. The van der Waals surface area contributed by atoms with Crippen LogP contribution < -0.4 is 5.32 Å². The van der Waals surface area contributed by atoms with Gasteiger partial charge in [0.05, 0.1) is 16.4 Å². The Morgan fingerprint density at radius 1 is 1.40 bits per heavy atom. The summed E-state index contributed by atoms with van der Waals surface area (Å²) in [5, 5.41) is 8.99. The van der Waals surface area contributed by atoms with Gasteiger partial charge in [0.15, 0.2) is 0 Å². The highest BCUT2D eigenvalue weighted by atomic mass is 35.5. The van der Waals surface area contributed by atoms with Gasteiger partial charge < -0.3 is 5.32 Å². The number of piperazine rings is 1. The van der Waals surface area contributed by atoms with Crippen molar-refractivity contribution in [2.45, 2.75) is 65.7 Å². The Labute approximate surface area is 127 Å². The van der Waals surface area contributed by atoms with Crippen molar-refractivity contribution in [3.63, 3.8) is 0 Å². The quantitative estimate of drug-likeness (QED) is 0.907. The lowest BCUT2D eigenvalue weighted by atomic mass is 10.1. The third-order valence-corrected chi connectivity index (χ3v) is 4.71. The monoisotopic (exact) mass is 298 g/mol. The van der Waals surface area contributed by atoms with Gasteiger partial charge >= 0.3 is 0 Å². The van der Waals surface area contributed by atoms with Crippen LogP contribution in [0.15, 0.2) is 0 Å². The lowest BCUT2D eigenvalue weighted by Crippen LogP contribution is -2.55. The van der Waals surface area contributed by atoms with Gasteiger partial charge in [-0.25, -0.2) is 0 Å². The van der Waals surface area contributed by atoms with E-state index in [0.717, 1.165) is 42.6 Å². The van der Waals surface area contributed by atoms with Crippen molar-refractivity contribution >= 4 is 11.6 Å². The first-order valence-electron chi connectivity index (χ1n) is 7.76. The van der Waals surface area contributed by atoms with Crippen LogP contribution in [0.3, 0.4) is 0 Å². The fourth-order valence-corrected chi connectivity index (χ4v) is 3.16. The number of nitrogens with zero attached hydrogens (tertiary/aromatic N) is 3. The zero-order chi connectivity index (χ0) is 14.7. The Balaban J connectivity index is 2.11. The van der Waals surface area contributed by atoms with Gasteiger partial charge in [0, 0.05) is 38.3 Å². The minimum atomic E-state index is 0.541. The number of hydrogen-bond acceptors (Lipinski definition) is 3. The van der Waals surface area contributed by atoms with Crippen LogP contribution in [0.4, 0.5) is 0 Å². The molecule has 1 aliphatic rings. The fraction of sp³-hybridized carbons (Fsp3) is 0.800. The maximum Gasteiger partial charge on any atom is 0.0860 e. The average Bonchev–Trinajstić information content (AvgIpc) is 2.70. The standard InChI is InChI=1S/C15H27ClN4/c1-5-7-13-9-19(11(3)8-17-13)10-14-15(16)12(4)18-20(14)6-2/h11,13,17H,5-10H2,1-4H3. The second-order valence-electron chi connectivity index (χ2n) is 5.83. The van der Waals surface area contributed by atoms with Gasteiger partial charge in [-0.15, -0.1) is 0 Å². The molecule has 2 rings (SSSR count). The van der Waals surface area contributed by atoms with Crippen molar-refractivity contribution in [3.8, 4) is 0 Å². The molecule has 1 aromatic rings. The largest absolute Gasteiger partial charge is 0.311 e. The van der Waals surface area contributed by atoms with Gasteiger partial charge in [-0.3, -0.25) is 9.58 Å². The third kappa shape index (κ3) is 3.35. The first-order chi connectivity index (χ1) is 9.56. The fourth-order valence-electron chi connectivity index (χ4n) is 2.97. The number of aryl methyl sites for hydroxylation is 2. The Morgan fingerprint density at radius 2 is 2.15 bits per heavy atom. The Bertz CT molecular complexity index is 443. The van der Waals surface area contributed by atoms with Crippen LogP contribution in [-0.4, -0.2) is 39.9 Å². The van der Waals surface area contributed by atoms with Crippen molar-refractivity contribution in [2.75, 3.05) is 13.1 Å². The average molecular weight is 299 g/mol. The lowest BCUT2D eigenvalue weighted by molar-refractivity contribution is 0.126. The van der Waals surface area contributed by atoms with E-state index in [1.54, 1.807) is 0 Å². The number of aromatic nitrogens is 2. The Morgan fingerprint density at radius 3 is 2.80 bits per heavy atom. The van der Waals surface area contributed by atoms with Crippen molar-refractivity contribution in [3.05, 3.63) is 16.4 Å². The van der Waals surface area contributed by atoms with Gasteiger partial charge in [-0.05, 0) is 27.2 Å². The number of halogens is 1. The molecule has 1 N–H and O–H groups in total. The topological polar surface area (TPSA) is 33.1 Å². The first kappa shape index (κ1) is 15.8. The van der Waals surface area contributed by atoms with Gasteiger partial charge in [0.1, 0.15) is 0 Å². The number of nitrogens with one attached hydrogen (secondary N) is 1. The summed E-state index contributed by atoms with van der Waals surface area (Å²) in [6.45, 7) is 12.6. The zero-order valence-electron chi connectivity index (χ0n) is 13.1. The molecule has 2 atom stereocenters. The highest BCUT2D eigenvalue weighted by Gasteiger charge is 2.26. The van der Waals surface area contributed by atoms with E-state index in [1.807, 2.05) is 11.6 Å². The zero-order valence-corrected chi connectivity index (χ0v) is 13.9. The van der Waals surface area contributed by atoms with E-state index in [1.165, 1.54) is 12.8 Å². The van der Waals surface area contributed by atoms with Gasteiger partial charge in [0.25, 0.3) is 0 Å². The van der Waals surface area contributed by atoms with Gasteiger partial charge in [-0.1, -0.05) is 24.9 Å². The summed E-state index contributed by atoms with van der Waals surface area (Å²) >= 11 is 6.43. The van der Waals surface area contributed by atoms with E-state index < -0.39 is 0 Å². The minimum absolute atomic E-state index is 0.541. The van der Waals surface area contributed by atoms with Crippen molar-refractivity contribution < 1.29 is 0 Å². The Hall–Kier alpha value is -0.580. The van der Waals surface area contributed by atoms with E-state index in [9.17, 15) is 0 Å².